The fourth-order valence-electron chi connectivity index (χ4n) is 2.50. The highest BCUT2D eigenvalue weighted by molar-refractivity contribution is 7.11. The van der Waals surface area contributed by atoms with Crippen LogP contribution >= 0.6 is 11.3 Å². The first-order valence-electron chi connectivity index (χ1n) is 8.85. The van der Waals surface area contributed by atoms with E-state index in [0.29, 0.717) is 25.3 Å². The van der Waals surface area contributed by atoms with Crippen molar-refractivity contribution in [1.82, 2.24) is 15.6 Å². The van der Waals surface area contributed by atoms with Crippen molar-refractivity contribution in [3.05, 3.63) is 39.3 Å². The number of nitrogens with one attached hydrogen (secondary N) is 2. The molecular weight excluding hydrogens is 348 g/mol. The van der Waals surface area contributed by atoms with Crippen LogP contribution in [0.5, 0.6) is 11.5 Å². The van der Waals surface area contributed by atoms with Gasteiger partial charge in [0.25, 0.3) is 0 Å². The molecule has 142 valence electrons. The van der Waals surface area contributed by atoms with Crippen molar-refractivity contribution in [2.45, 2.75) is 33.6 Å². The Balaban J connectivity index is 1.87. The van der Waals surface area contributed by atoms with Crippen LogP contribution in [0.15, 0.2) is 23.2 Å². The number of nitrogens with zero attached hydrogens (tertiary/aromatic N) is 2. The number of aryl methyl sites for hydroxylation is 2. The van der Waals surface area contributed by atoms with E-state index in [0.717, 1.165) is 35.2 Å². The molecule has 0 saturated heterocycles. The summed E-state index contributed by atoms with van der Waals surface area (Å²) in [4.78, 5) is 10.4. The van der Waals surface area contributed by atoms with Gasteiger partial charge in [-0.1, -0.05) is 12.1 Å². The maximum absolute atomic E-state index is 10.1. The number of ether oxygens (including phenoxy) is 1. The van der Waals surface area contributed by atoms with Crippen molar-refractivity contribution < 1.29 is 9.84 Å². The zero-order valence-corrected chi connectivity index (χ0v) is 16.7. The van der Waals surface area contributed by atoms with E-state index < -0.39 is 0 Å². The fraction of sp³-hybridized carbons (Fsp3) is 0.474. The normalized spacial score (nSPS) is 11.5. The van der Waals surface area contributed by atoms with Crippen LogP contribution in [0.2, 0.25) is 0 Å². The summed E-state index contributed by atoms with van der Waals surface area (Å²) in [7, 11) is 1.55. The van der Waals surface area contributed by atoms with Gasteiger partial charge in [-0.05, 0) is 38.8 Å². The van der Waals surface area contributed by atoms with Gasteiger partial charge >= 0.3 is 0 Å². The smallest absolute Gasteiger partial charge is 0.191 e. The van der Waals surface area contributed by atoms with E-state index in [-0.39, 0.29) is 5.75 Å². The number of thiazole rings is 1. The van der Waals surface area contributed by atoms with Gasteiger partial charge in [0.15, 0.2) is 17.5 Å². The molecule has 0 atom stereocenters. The Morgan fingerprint density at radius 2 is 2.08 bits per heavy atom. The lowest BCUT2D eigenvalue weighted by Crippen LogP contribution is -2.38. The standard InChI is InChI=1S/C19H28N4O2S/c1-5-20-19(22-12-10-17-23-13(2)14(3)26-17)21-11-9-15-7-6-8-16(25-4)18(15)24/h6-8,24H,5,9-12H2,1-4H3,(H2,20,21,22). The highest BCUT2D eigenvalue weighted by Crippen LogP contribution is 2.29. The van der Waals surface area contributed by atoms with Gasteiger partial charge in [-0.3, -0.25) is 4.99 Å². The average Bonchev–Trinajstić information content (AvgIpc) is 2.94. The maximum atomic E-state index is 10.1. The summed E-state index contributed by atoms with van der Waals surface area (Å²) < 4.78 is 5.15. The molecule has 0 aliphatic carbocycles. The minimum Gasteiger partial charge on any atom is -0.504 e. The number of aromatic hydroxyl groups is 1. The SMILES string of the molecule is CCNC(=NCCc1nc(C)c(C)s1)NCCc1cccc(OC)c1O. The van der Waals surface area contributed by atoms with Crippen molar-refractivity contribution in [3.63, 3.8) is 0 Å². The van der Waals surface area contributed by atoms with Crippen molar-refractivity contribution in [2.75, 3.05) is 26.7 Å². The number of phenolic OH excluding ortho intramolecular Hbond substituents is 1. The Morgan fingerprint density at radius 3 is 2.73 bits per heavy atom. The molecule has 1 aromatic heterocycles. The first-order chi connectivity index (χ1) is 12.5. The van der Waals surface area contributed by atoms with Crippen LogP contribution in [0, 0.1) is 13.8 Å². The predicted octanol–water partition coefficient (Wildman–Crippen LogP) is 2.81. The number of aliphatic imine (C=N–C) groups is 1. The van der Waals surface area contributed by atoms with Gasteiger partial charge in [-0.15, -0.1) is 11.3 Å². The van der Waals surface area contributed by atoms with E-state index >= 15 is 0 Å². The van der Waals surface area contributed by atoms with Crippen molar-refractivity contribution in [2.24, 2.45) is 4.99 Å². The number of guanidine groups is 1. The number of rotatable bonds is 8. The third kappa shape index (κ3) is 5.62. The third-order valence-electron chi connectivity index (χ3n) is 4.00. The van der Waals surface area contributed by atoms with Gasteiger partial charge in [0, 0.05) is 30.9 Å². The second kappa shape index (κ2) is 10.0. The Bertz CT molecular complexity index is 724. The van der Waals surface area contributed by atoms with Crippen molar-refractivity contribution in [3.8, 4) is 11.5 Å². The van der Waals surface area contributed by atoms with Gasteiger partial charge in [-0.2, -0.15) is 0 Å². The summed E-state index contributed by atoms with van der Waals surface area (Å²) in [6, 6.07) is 5.53. The lowest BCUT2D eigenvalue weighted by atomic mass is 10.1. The van der Waals surface area contributed by atoms with Crippen molar-refractivity contribution >= 4 is 17.3 Å². The average molecular weight is 377 g/mol. The maximum Gasteiger partial charge on any atom is 0.191 e. The molecular formula is C19H28N4O2S. The van der Waals surface area contributed by atoms with Crippen LogP contribution in [0.25, 0.3) is 0 Å². The van der Waals surface area contributed by atoms with E-state index in [1.54, 1.807) is 24.5 Å². The molecule has 0 unspecified atom stereocenters. The van der Waals surface area contributed by atoms with E-state index in [1.807, 2.05) is 26.0 Å². The molecule has 0 aliphatic rings. The van der Waals surface area contributed by atoms with E-state index in [1.165, 1.54) is 4.88 Å². The summed E-state index contributed by atoms with van der Waals surface area (Å²) >= 11 is 1.74. The fourth-order valence-corrected chi connectivity index (χ4v) is 3.42. The molecule has 0 aliphatic heterocycles. The van der Waals surface area contributed by atoms with Crippen LogP contribution in [0.1, 0.15) is 28.1 Å². The molecule has 0 fully saturated rings. The van der Waals surface area contributed by atoms with Crippen LogP contribution in [0.3, 0.4) is 0 Å². The molecule has 2 aromatic rings. The first kappa shape index (κ1) is 20.0. The monoisotopic (exact) mass is 376 g/mol. The summed E-state index contributed by atoms with van der Waals surface area (Å²) in [5, 5.41) is 17.8. The second-order valence-corrected chi connectivity index (χ2v) is 7.19. The van der Waals surface area contributed by atoms with Crippen molar-refractivity contribution in [1.29, 1.82) is 0 Å². The first-order valence-corrected chi connectivity index (χ1v) is 9.66. The molecule has 0 radical (unpaired) electrons. The largest absolute Gasteiger partial charge is 0.504 e. The quantitative estimate of drug-likeness (QED) is 0.488. The Hall–Kier alpha value is -2.28. The number of para-hydroxylation sites is 1. The Labute approximate surface area is 159 Å². The van der Waals surface area contributed by atoms with Crippen LogP contribution < -0.4 is 15.4 Å². The van der Waals surface area contributed by atoms with E-state index in [9.17, 15) is 5.11 Å². The number of benzene rings is 1. The number of phenols is 1. The predicted molar refractivity (Wildman–Crippen MR) is 108 cm³/mol. The summed E-state index contributed by atoms with van der Waals surface area (Å²) in [5.41, 5.74) is 1.96. The van der Waals surface area contributed by atoms with E-state index in [2.05, 4.69) is 27.5 Å². The number of hydrogen-bond donors (Lipinski definition) is 3. The highest BCUT2D eigenvalue weighted by atomic mass is 32.1. The third-order valence-corrected chi connectivity index (χ3v) is 5.13. The van der Waals surface area contributed by atoms with Gasteiger partial charge < -0.3 is 20.5 Å². The topological polar surface area (TPSA) is 78.8 Å². The Kier molecular flexibility index (Phi) is 7.72. The highest BCUT2D eigenvalue weighted by Gasteiger charge is 2.07. The number of hydrogen-bond acceptors (Lipinski definition) is 5. The molecule has 7 heteroatoms. The molecule has 0 saturated carbocycles. The van der Waals surface area contributed by atoms with Crippen LogP contribution in [-0.4, -0.2) is 42.8 Å². The van der Waals surface area contributed by atoms with Gasteiger partial charge in [0.2, 0.25) is 0 Å². The van der Waals surface area contributed by atoms with Gasteiger partial charge in [-0.25, -0.2) is 4.98 Å². The molecule has 6 nitrogen and oxygen atoms in total. The molecule has 0 bridgehead atoms. The van der Waals surface area contributed by atoms with Crippen LogP contribution in [-0.2, 0) is 12.8 Å². The molecule has 26 heavy (non-hydrogen) atoms. The summed E-state index contributed by atoms with van der Waals surface area (Å²) in [5.74, 6) is 1.48. The lowest BCUT2D eigenvalue weighted by Gasteiger charge is -2.12. The number of methoxy groups -OCH3 is 1. The minimum atomic E-state index is 0.202. The summed E-state index contributed by atoms with van der Waals surface area (Å²) in [6.45, 7) is 8.33. The van der Waals surface area contributed by atoms with Gasteiger partial charge in [0.1, 0.15) is 0 Å². The van der Waals surface area contributed by atoms with Gasteiger partial charge in [0.05, 0.1) is 17.8 Å². The molecule has 0 amide bonds. The molecule has 1 aromatic carbocycles. The lowest BCUT2D eigenvalue weighted by molar-refractivity contribution is 0.370. The number of aromatic nitrogens is 1. The Morgan fingerprint density at radius 1 is 1.27 bits per heavy atom. The minimum absolute atomic E-state index is 0.202. The zero-order chi connectivity index (χ0) is 18.9. The molecule has 0 spiro atoms. The second-order valence-electron chi connectivity index (χ2n) is 5.90. The molecule has 3 N–H and O–H groups in total. The van der Waals surface area contributed by atoms with Crippen LogP contribution in [0.4, 0.5) is 0 Å². The molecule has 2 rings (SSSR count). The molecule has 1 heterocycles. The van der Waals surface area contributed by atoms with E-state index in [4.69, 9.17) is 4.74 Å². The zero-order valence-electron chi connectivity index (χ0n) is 15.9. The summed E-state index contributed by atoms with van der Waals surface area (Å²) in [6.07, 6.45) is 1.52.